The second-order valence-corrected chi connectivity index (χ2v) is 13.5. The van der Waals surface area contributed by atoms with Crippen molar-refractivity contribution in [2.75, 3.05) is 31.1 Å². The number of nitrogens with two attached hydrogens (primary N) is 1. The molecule has 37 heavy (non-hydrogen) atoms. The van der Waals surface area contributed by atoms with Crippen molar-refractivity contribution in [1.29, 1.82) is 0 Å². The summed E-state index contributed by atoms with van der Waals surface area (Å²) in [4.78, 5) is 9.14. The highest BCUT2D eigenvalue weighted by Crippen LogP contribution is 2.42. The minimum atomic E-state index is -2.50. The zero-order valence-corrected chi connectivity index (χ0v) is 23.6. The molecule has 0 aliphatic heterocycles. The van der Waals surface area contributed by atoms with Crippen LogP contribution in [0.4, 0.5) is 23.1 Å². The Labute approximate surface area is 224 Å². The van der Waals surface area contributed by atoms with Crippen molar-refractivity contribution < 1.29 is 9.30 Å². The Morgan fingerprint density at radius 2 is 1.92 bits per heavy atom. The van der Waals surface area contributed by atoms with Gasteiger partial charge < -0.3 is 25.7 Å². The second kappa shape index (κ2) is 9.93. The van der Waals surface area contributed by atoms with E-state index in [2.05, 4.69) is 41.6 Å². The van der Waals surface area contributed by atoms with E-state index in [4.69, 9.17) is 10.5 Å². The number of aromatic nitrogens is 4. The Hall–Kier alpha value is -3.20. The van der Waals surface area contributed by atoms with Gasteiger partial charge in [0.05, 0.1) is 29.2 Å². The molecule has 0 bridgehead atoms. The largest absolute Gasteiger partial charge is 0.495 e. The maximum absolute atomic E-state index is 12.8. The summed E-state index contributed by atoms with van der Waals surface area (Å²) in [5.41, 5.74) is 12.3. The minimum absolute atomic E-state index is 0.113. The van der Waals surface area contributed by atoms with Crippen molar-refractivity contribution in [3.8, 4) is 16.9 Å². The predicted octanol–water partition coefficient (Wildman–Crippen LogP) is 5.33. The van der Waals surface area contributed by atoms with Gasteiger partial charge in [0.25, 0.3) is 0 Å². The van der Waals surface area contributed by atoms with Crippen LogP contribution in [-0.4, -0.2) is 40.2 Å². The Morgan fingerprint density at radius 3 is 2.68 bits per heavy atom. The number of halogens is 1. The first-order valence-electron chi connectivity index (χ1n) is 11.9. The highest BCUT2D eigenvalue weighted by atomic mass is 79.9. The van der Waals surface area contributed by atoms with Crippen molar-refractivity contribution in [1.82, 2.24) is 19.7 Å². The SMILES string of the molecule is COc1cc2c(cc1Nc1ncc(Br)c(Nc3ccccc3P(C)(C)=O)n1)-c1cnn(C)c1CCC2N. The highest BCUT2D eigenvalue weighted by molar-refractivity contribution is 9.10. The lowest BCUT2D eigenvalue weighted by Crippen LogP contribution is -2.12. The van der Waals surface area contributed by atoms with Gasteiger partial charge in [0.15, 0.2) is 0 Å². The Kier molecular flexibility index (Phi) is 6.83. The monoisotopic (exact) mass is 581 g/mol. The maximum atomic E-state index is 12.8. The molecule has 4 aromatic rings. The van der Waals surface area contributed by atoms with Gasteiger partial charge in [-0.05, 0) is 77.5 Å². The fourth-order valence-corrected chi connectivity index (χ4v) is 6.09. The third kappa shape index (κ3) is 5.01. The van der Waals surface area contributed by atoms with Crippen LogP contribution in [0.15, 0.2) is 53.3 Å². The van der Waals surface area contributed by atoms with Gasteiger partial charge in [-0.1, -0.05) is 12.1 Å². The van der Waals surface area contributed by atoms with Crippen LogP contribution >= 0.6 is 23.1 Å². The molecule has 192 valence electrons. The molecule has 2 heterocycles. The van der Waals surface area contributed by atoms with E-state index in [0.29, 0.717) is 27.7 Å². The van der Waals surface area contributed by atoms with E-state index in [1.165, 1.54) is 0 Å². The number of hydrogen-bond donors (Lipinski definition) is 3. The van der Waals surface area contributed by atoms with Crippen LogP contribution in [0.3, 0.4) is 0 Å². The van der Waals surface area contributed by atoms with Crippen LogP contribution in [-0.2, 0) is 18.0 Å². The van der Waals surface area contributed by atoms with Crippen LogP contribution < -0.4 is 26.4 Å². The predicted molar refractivity (Wildman–Crippen MR) is 152 cm³/mol. The van der Waals surface area contributed by atoms with Crippen molar-refractivity contribution in [2.24, 2.45) is 12.8 Å². The summed E-state index contributed by atoms with van der Waals surface area (Å²) in [6, 6.07) is 11.4. The minimum Gasteiger partial charge on any atom is -0.495 e. The number of benzene rings is 2. The Morgan fingerprint density at radius 1 is 1.14 bits per heavy atom. The zero-order chi connectivity index (χ0) is 26.3. The molecular formula is C26H29BrN7O2P. The van der Waals surface area contributed by atoms with Gasteiger partial charge in [0.1, 0.15) is 18.7 Å². The molecule has 0 fully saturated rings. The number of nitrogens with zero attached hydrogens (tertiary/aromatic N) is 4. The van der Waals surface area contributed by atoms with Gasteiger partial charge in [-0.15, -0.1) is 0 Å². The van der Waals surface area contributed by atoms with Gasteiger partial charge in [0, 0.05) is 35.8 Å². The van der Waals surface area contributed by atoms with Crippen molar-refractivity contribution >= 4 is 51.5 Å². The number of hydrogen-bond acceptors (Lipinski definition) is 8. The molecule has 2 aromatic carbocycles. The van der Waals surface area contributed by atoms with Crippen molar-refractivity contribution in [3.05, 3.63) is 64.5 Å². The van der Waals surface area contributed by atoms with Gasteiger partial charge >= 0.3 is 0 Å². The summed E-state index contributed by atoms with van der Waals surface area (Å²) in [7, 11) is 1.08. The quantitative estimate of drug-likeness (QED) is 0.261. The van der Waals surface area contributed by atoms with E-state index in [1.807, 2.05) is 54.3 Å². The van der Waals surface area contributed by atoms with Crippen molar-refractivity contribution in [3.63, 3.8) is 0 Å². The summed E-state index contributed by atoms with van der Waals surface area (Å²) in [5.74, 6) is 1.57. The van der Waals surface area contributed by atoms with Gasteiger partial charge in [-0.2, -0.15) is 10.1 Å². The van der Waals surface area contributed by atoms with Crippen LogP contribution in [0.5, 0.6) is 5.75 Å². The molecule has 1 unspecified atom stereocenters. The summed E-state index contributed by atoms with van der Waals surface area (Å²) in [5, 5.41) is 11.9. The molecule has 0 amide bonds. The molecular weight excluding hydrogens is 553 g/mol. The highest BCUT2D eigenvalue weighted by Gasteiger charge is 2.25. The van der Waals surface area contributed by atoms with Crippen LogP contribution in [0.2, 0.25) is 0 Å². The Balaban J connectivity index is 1.53. The van der Waals surface area contributed by atoms with Gasteiger partial charge in [-0.25, -0.2) is 4.98 Å². The first kappa shape index (κ1) is 25.4. The molecule has 9 nitrogen and oxygen atoms in total. The number of methoxy groups -OCH3 is 1. The molecule has 0 spiro atoms. The molecule has 0 saturated carbocycles. The van der Waals surface area contributed by atoms with Crippen LogP contribution in [0.1, 0.15) is 23.7 Å². The van der Waals surface area contributed by atoms with E-state index in [1.54, 1.807) is 26.6 Å². The normalized spacial score (nSPS) is 14.9. The van der Waals surface area contributed by atoms with Crippen molar-refractivity contribution in [2.45, 2.75) is 18.9 Å². The topological polar surface area (TPSA) is 120 Å². The summed E-state index contributed by atoms with van der Waals surface area (Å²) in [6.07, 6.45) is 5.23. The van der Waals surface area contributed by atoms with E-state index in [9.17, 15) is 4.57 Å². The first-order chi connectivity index (χ1) is 17.7. The molecule has 11 heteroatoms. The molecule has 4 N–H and O–H groups in total. The van der Waals surface area contributed by atoms with E-state index in [-0.39, 0.29) is 6.04 Å². The molecule has 5 rings (SSSR count). The third-order valence-corrected chi connectivity index (χ3v) is 8.67. The second-order valence-electron chi connectivity index (χ2n) is 9.42. The number of para-hydroxylation sites is 1. The lowest BCUT2D eigenvalue weighted by Gasteiger charge is -2.19. The van der Waals surface area contributed by atoms with E-state index >= 15 is 0 Å². The summed E-state index contributed by atoms with van der Waals surface area (Å²) in [6.45, 7) is 3.50. The van der Waals surface area contributed by atoms with E-state index in [0.717, 1.165) is 46.2 Å². The molecule has 1 aliphatic rings. The zero-order valence-electron chi connectivity index (χ0n) is 21.1. The standard InChI is InChI=1S/C26H29BrN7O2P/c1-34-22-10-9-19(28)16-12-23(36-2)21(11-15(16)17(22)13-30-34)32-26-29-14-18(27)25(33-26)31-20-7-5-6-8-24(20)37(3,4)35/h5-8,11-14,19H,9-10,28H2,1-4H3,(H2,29,31,32,33). The lowest BCUT2D eigenvalue weighted by molar-refractivity contribution is 0.415. The number of nitrogens with one attached hydrogen (secondary N) is 2. The fraction of sp³-hybridized carbons (Fsp3) is 0.269. The van der Waals surface area contributed by atoms with Crippen LogP contribution in [0, 0.1) is 0 Å². The Bertz CT molecular complexity index is 1530. The molecule has 0 radical (unpaired) electrons. The smallest absolute Gasteiger partial charge is 0.229 e. The van der Waals surface area contributed by atoms with E-state index < -0.39 is 7.14 Å². The maximum Gasteiger partial charge on any atom is 0.229 e. The summed E-state index contributed by atoms with van der Waals surface area (Å²) >= 11 is 3.53. The fourth-order valence-electron chi connectivity index (χ4n) is 4.65. The average Bonchev–Trinajstić information content (AvgIpc) is 3.17. The molecule has 1 atom stereocenters. The molecule has 1 aliphatic carbocycles. The molecule has 2 aromatic heterocycles. The average molecular weight is 582 g/mol. The third-order valence-electron chi connectivity index (χ3n) is 6.54. The van der Waals surface area contributed by atoms with Gasteiger partial charge in [-0.3, -0.25) is 4.68 Å². The molecule has 0 saturated heterocycles. The van der Waals surface area contributed by atoms with Crippen LogP contribution in [0.25, 0.3) is 11.1 Å². The number of fused-ring (bicyclic) bond motifs is 3. The number of ether oxygens (including phenoxy) is 1. The van der Waals surface area contributed by atoms with Gasteiger partial charge in [0.2, 0.25) is 5.95 Å². The number of rotatable bonds is 6. The number of anilines is 4. The summed E-state index contributed by atoms with van der Waals surface area (Å²) < 4.78 is 21.1. The first-order valence-corrected chi connectivity index (χ1v) is 15.2. The lowest BCUT2D eigenvalue weighted by atomic mass is 9.96. The number of aryl methyl sites for hydroxylation is 1.